The molecule has 0 spiro atoms. The molecule has 0 fully saturated rings. The van der Waals surface area contributed by atoms with Gasteiger partial charge < -0.3 is 19.4 Å². The number of ether oxygens (including phenoxy) is 2. The molecule has 0 aliphatic heterocycles. The van der Waals surface area contributed by atoms with Gasteiger partial charge in [-0.25, -0.2) is 4.57 Å². The number of aliphatic carboxylic acids is 1. The zero-order valence-electron chi connectivity index (χ0n) is 10.3. The molecule has 96 valence electrons. The molecular formula is C12H19NO4. The van der Waals surface area contributed by atoms with Gasteiger partial charge >= 0.3 is 0 Å². The second kappa shape index (κ2) is 11.0. The Morgan fingerprint density at radius 2 is 1.94 bits per heavy atom. The Labute approximate surface area is 102 Å². The van der Waals surface area contributed by atoms with E-state index in [1.165, 1.54) is 7.11 Å². The van der Waals surface area contributed by atoms with E-state index in [4.69, 9.17) is 4.74 Å². The quantitative estimate of drug-likeness (QED) is 0.492. The van der Waals surface area contributed by atoms with Gasteiger partial charge in [0.2, 0.25) is 0 Å². The van der Waals surface area contributed by atoms with Crippen molar-refractivity contribution in [2.45, 2.75) is 13.5 Å². The highest BCUT2D eigenvalue weighted by Gasteiger charge is 1.94. The van der Waals surface area contributed by atoms with E-state index < -0.39 is 5.97 Å². The summed E-state index contributed by atoms with van der Waals surface area (Å²) < 4.78 is 11.5. The molecule has 0 unspecified atom stereocenters. The van der Waals surface area contributed by atoms with Gasteiger partial charge in [0.25, 0.3) is 0 Å². The molecule has 0 saturated heterocycles. The number of hydrogen-bond acceptors (Lipinski definition) is 4. The molecule has 17 heavy (non-hydrogen) atoms. The summed E-state index contributed by atoms with van der Waals surface area (Å²) >= 11 is 0. The fourth-order valence-corrected chi connectivity index (χ4v) is 1.02. The molecule has 0 aromatic carbocycles. The van der Waals surface area contributed by atoms with Crippen molar-refractivity contribution >= 4 is 5.97 Å². The lowest BCUT2D eigenvalue weighted by Gasteiger charge is -1.96. The van der Waals surface area contributed by atoms with E-state index in [1.54, 1.807) is 0 Å². The summed E-state index contributed by atoms with van der Waals surface area (Å²) in [5, 5.41) is 9.36. The van der Waals surface area contributed by atoms with E-state index in [0.29, 0.717) is 0 Å². The minimum atomic E-state index is -1.18. The second-order valence-corrected chi connectivity index (χ2v) is 3.12. The van der Waals surface area contributed by atoms with Gasteiger partial charge in [-0.05, 0) is 6.92 Å². The first kappa shape index (κ1) is 15.5. The molecule has 0 radical (unpaired) electrons. The van der Waals surface area contributed by atoms with Crippen molar-refractivity contribution in [1.29, 1.82) is 0 Å². The number of carbonyl (C=O) groups is 1. The van der Waals surface area contributed by atoms with Crippen LogP contribution in [0.1, 0.15) is 6.92 Å². The summed E-state index contributed by atoms with van der Waals surface area (Å²) in [5.74, 6) is -1.18. The fraction of sp³-hybridized carbons (Fsp3) is 0.500. The number of hydrogen-bond donors (Lipinski definition) is 0. The SMILES string of the molecule is CCOCC[n+]1ccccc1.COCC(=O)[O-]. The maximum atomic E-state index is 9.36. The summed E-state index contributed by atoms with van der Waals surface area (Å²) in [7, 11) is 1.30. The lowest BCUT2D eigenvalue weighted by Crippen LogP contribution is -2.34. The smallest absolute Gasteiger partial charge is 0.171 e. The Morgan fingerprint density at radius 3 is 2.35 bits per heavy atom. The Morgan fingerprint density at radius 1 is 1.29 bits per heavy atom. The number of rotatable bonds is 6. The van der Waals surface area contributed by atoms with Crippen LogP contribution in [0, 0.1) is 0 Å². The van der Waals surface area contributed by atoms with Crippen LogP contribution in [0.4, 0.5) is 0 Å². The number of carbonyl (C=O) groups excluding carboxylic acids is 1. The number of pyridine rings is 1. The molecule has 0 saturated carbocycles. The maximum Gasteiger partial charge on any atom is 0.171 e. The van der Waals surface area contributed by atoms with Crippen LogP contribution in [0.5, 0.6) is 0 Å². The highest BCUT2D eigenvalue weighted by atomic mass is 16.5. The molecule has 1 aromatic rings. The van der Waals surface area contributed by atoms with Crippen LogP contribution in [0.15, 0.2) is 30.6 Å². The van der Waals surface area contributed by atoms with Crippen LogP contribution in [0.2, 0.25) is 0 Å². The predicted octanol–water partition coefficient (Wildman–Crippen LogP) is -0.607. The molecule has 0 bridgehead atoms. The molecule has 1 rings (SSSR count). The zero-order valence-corrected chi connectivity index (χ0v) is 10.3. The van der Waals surface area contributed by atoms with E-state index in [-0.39, 0.29) is 6.61 Å². The molecule has 0 amide bonds. The summed E-state index contributed by atoms with van der Waals surface area (Å²) in [5.41, 5.74) is 0. The highest BCUT2D eigenvalue weighted by Crippen LogP contribution is 1.78. The molecule has 5 nitrogen and oxygen atoms in total. The van der Waals surface area contributed by atoms with Crippen LogP contribution >= 0.6 is 0 Å². The third-order valence-corrected chi connectivity index (χ3v) is 1.74. The Kier molecular flexibility index (Phi) is 10.1. The minimum absolute atomic E-state index is 0.319. The maximum absolute atomic E-state index is 9.36. The minimum Gasteiger partial charge on any atom is -0.548 e. The molecule has 0 N–H and O–H groups in total. The molecule has 0 aliphatic rings. The van der Waals surface area contributed by atoms with Crippen molar-refractivity contribution in [3.05, 3.63) is 30.6 Å². The molecule has 1 aromatic heterocycles. The standard InChI is InChI=1S/C9H14NO.C3H6O3/c1-2-11-9-8-10-6-4-3-5-7-10;1-6-2-3(4)5/h3-7H,2,8-9H2,1H3;2H2,1H3,(H,4,5)/q+1;/p-1. The molecule has 0 atom stereocenters. The van der Waals surface area contributed by atoms with E-state index >= 15 is 0 Å². The Bertz CT molecular complexity index is 290. The van der Waals surface area contributed by atoms with Crippen molar-refractivity contribution in [3.63, 3.8) is 0 Å². The molecule has 1 heterocycles. The van der Waals surface area contributed by atoms with Crippen LogP contribution in [0.3, 0.4) is 0 Å². The second-order valence-electron chi connectivity index (χ2n) is 3.12. The lowest BCUT2D eigenvalue weighted by molar-refractivity contribution is -0.698. The lowest BCUT2D eigenvalue weighted by atomic mass is 10.5. The number of carboxylic acid groups (broad SMARTS) is 1. The predicted molar refractivity (Wildman–Crippen MR) is 60.0 cm³/mol. The van der Waals surface area contributed by atoms with E-state index in [0.717, 1.165) is 19.8 Å². The van der Waals surface area contributed by atoms with Crippen LogP contribution in [-0.2, 0) is 20.8 Å². The van der Waals surface area contributed by atoms with Crippen molar-refractivity contribution in [2.24, 2.45) is 0 Å². The average molecular weight is 241 g/mol. The van der Waals surface area contributed by atoms with Crippen LogP contribution < -0.4 is 9.67 Å². The van der Waals surface area contributed by atoms with Crippen LogP contribution in [-0.4, -0.2) is 32.9 Å². The monoisotopic (exact) mass is 241 g/mol. The van der Waals surface area contributed by atoms with Crippen molar-refractivity contribution < 1.29 is 23.9 Å². The first-order valence-corrected chi connectivity index (χ1v) is 5.41. The number of methoxy groups -OCH3 is 1. The summed E-state index contributed by atoms with van der Waals surface area (Å²) in [6.07, 6.45) is 4.08. The zero-order chi connectivity index (χ0) is 12.9. The van der Waals surface area contributed by atoms with Gasteiger partial charge in [0.15, 0.2) is 18.9 Å². The molecule has 5 heteroatoms. The number of aromatic nitrogens is 1. The summed E-state index contributed by atoms with van der Waals surface area (Å²) in [4.78, 5) is 9.36. The van der Waals surface area contributed by atoms with E-state index in [1.807, 2.05) is 37.5 Å². The van der Waals surface area contributed by atoms with Crippen molar-refractivity contribution in [3.8, 4) is 0 Å². The largest absolute Gasteiger partial charge is 0.548 e. The Hall–Kier alpha value is -1.46. The van der Waals surface area contributed by atoms with Gasteiger partial charge in [-0.15, -0.1) is 0 Å². The fourth-order valence-electron chi connectivity index (χ4n) is 1.02. The van der Waals surface area contributed by atoms with Gasteiger partial charge in [0.1, 0.15) is 6.61 Å². The van der Waals surface area contributed by atoms with Gasteiger partial charge in [0, 0.05) is 25.8 Å². The summed E-state index contributed by atoms with van der Waals surface area (Å²) in [6, 6.07) is 6.05. The van der Waals surface area contributed by atoms with E-state index in [2.05, 4.69) is 9.30 Å². The van der Waals surface area contributed by atoms with Crippen LogP contribution in [0.25, 0.3) is 0 Å². The van der Waals surface area contributed by atoms with Gasteiger partial charge in [-0.3, -0.25) is 0 Å². The van der Waals surface area contributed by atoms with Gasteiger partial charge in [-0.2, -0.15) is 0 Å². The number of carboxylic acids is 1. The van der Waals surface area contributed by atoms with Gasteiger partial charge in [-0.1, -0.05) is 6.07 Å². The average Bonchev–Trinajstić information content (AvgIpc) is 2.31. The van der Waals surface area contributed by atoms with E-state index in [9.17, 15) is 9.90 Å². The highest BCUT2D eigenvalue weighted by molar-refractivity contribution is 5.65. The first-order valence-electron chi connectivity index (χ1n) is 5.41. The summed E-state index contributed by atoms with van der Waals surface area (Å²) in [6.45, 7) is 4.23. The normalized spacial score (nSPS) is 9.29. The first-order chi connectivity index (χ1) is 8.20. The number of nitrogens with zero attached hydrogens (tertiary/aromatic N) is 1. The third-order valence-electron chi connectivity index (χ3n) is 1.74. The third kappa shape index (κ3) is 10.8. The topological polar surface area (TPSA) is 62.5 Å². The van der Waals surface area contributed by atoms with Crippen molar-refractivity contribution in [2.75, 3.05) is 26.9 Å². The van der Waals surface area contributed by atoms with Crippen molar-refractivity contribution in [1.82, 2.24) is 0 Å². The van der Waals surface area contributed by atoms with Gasteiger partial charge in [0.05, 0.1) is 12.6 Å². The Balaban J connectivity index is 0.000000366. The molecule has 0 aliphatic carbocycles. The molecular weight excluding hydrogens is 222 g/mol.